The summed E-state index contributed by atoms with van der Waals surface area (Å²) in [5, 5.41) is 15.3. The van der Waals surface area contributed by atoms with Gasteiger partial charge < -0.3 is 10.4 Å². The monoisotopic (exact) mass is 253 g/mol. The van der Waals surface area contributed by atoms with Gasteiger partial charge in [-0.1, -0.05) is 6.92 Å². The van der Waals surface area contributed by atoms with Crippen LogP contribution in [0.4, 0.5) is 0 Å². The Morgan fingerprint density at radius 2 is 2.22 bits per heavy atom. The van der Waals surface area contributed by atoms with Crippen molar-refractivity contribution in [3.05, 3.63) is 18.5 Å². The molecular weight excluding hydrogens is 234 g/mol. The van der Waals surface area contributed by atoms with Gasteiger partial charge in [-0.05, 0) is 18.4 Å². The van der Waals surface area contributed by atoms with Gasteiger partial charge in [0, 0.05) is 38.3 Å². The highest BCUT2D eigenvalue weighted by Gasteiger charge is 2.07. The predicted octanol–water partition coefficient (Wildman–Crippen LogP) is 0.890. The zero-order valence-electron chi connectivity index (χ0n) is 10.5. The summed E-state index contributed by atoms with van der Waals surface area (Å²) in [6.07, 6.45) is 4.58. The standard InChI is InChI=1S/C12H19N3O3/c1-10(3-4-12(17)18)9-13-11(16)5-8-15-7-2-6-14-15/h2,6-7,10H,3-5,8-9H2,1H3,(H,13,16)(H,17,18). The molecule has 0 aliphatic carbocycles. The Morgan fingerprint density at radius 3 is 2.83 bits per heavy atom. The van der Waals surface area contributed by atoms with Crippen LogP contribution in [0.5, 0.6) is 0 Å². The van der Waals surface area contributed by atoms with Crippen LogP contribution in [0.1, 0.15) is 26.2 Å². The number of hydrogen-bond acceptors (Lipinski definition) is 3. The average Bonchev–Trinajstić information content (AvgIpc) is 2.84. The lowest BCUT2D eigenvalue weighted by Gasteiger charge is -2.11. The van der Waals surface area contributed by atoms with Gasteiger partial charge in [-0.2, -0.15) is 5.10 Å². The first-order valence-corrected chi connectivity index (χ1v) is 6.04. The van der Waals surface area contributed by atoms with Gasteiger partial charge in [0.05, 0.1) is 0 Å². The Morgan fingerprint density at radius 1 is 1.44 bits per heavy atom. The molecule has 0 aliphatic heterocycles. The molecule has 2 N–H and O–H groups in total. The Bertz CT molecular complexity index is 376. The molecule has 1 aromatic rings. The highest BCUT2D eigenvalue weighted by atomic mass is 16.4. The number of amides is 1. The van der Waals surface area contributed by atoms with E-state index >= 15 is 0 Å². The maximum Gasteiger partial charge on any atom is 0.303 e. The molecule has 18 heavy (non-hydrogen) atoms. The van der Waals surface area contributed by atoms with E-state index in [0.29, 0.717) is 25.9 Å². The van der Waals surface area contributed by atoms with Crippen molar-refractivity contribution in [1.82, 2.24) is 15.1 Å². The molecule has 100 valence electrons. The van der Waals surface area contributed by atoms with Crippen LogP contribution in [0, 0.1) is 5.92 Å². The topological polar surface area (TPSA) is 84.2 Å². The maximum absolute atomic E-state index is 11.5. The second-order valence-corrected chi connectivity index (χ2v) is 4.36. The van der Waals surface area contributed by atoms with Crippen molar-refractivity contribution >= 4 is 11.9 Å². The molecule has 1 aromatic heterocycles. The van der Waals surface area contributed by atoms with Crippen LogP contribution in [0.15, 0.2) is 18.5 Å². The van der Waals surface area contributed by atoms with Gasteiger partial charge in [0.25, 0.3) is 0 Å². The third kappa shape index (κ3) is 6.03. The molecule has 1 atom stereocenters. The van der Waals surface area contributed by atoms with Crippen molar-refractivity contribution < 1.29 is 14.7 Å². The number of rotatable bonds is 8. The number of aromatic nitrogens is 2. The summed E-state index contributed by atoms with van der Waals surface area (Å²) in [6, 6.07) is 1.81. The van der Waals surface area contributed by atoms with Crippen molar-refractivity contribution in [2.45, 2.75) is 32.7 Å². The number of carboxylic acids is 1. The fraction of sp³-hybridized carbons (Fsp3) is 0.583. The summed E-state index contributed by atoms with van der Waals surface area (Å²) < 4.78 is 1.70. The lowest BCUT2D eigenvalue weighted by Crippen LogP contribution is -2.29. The number of carboxylic acid groups (broad SMARTS) is 1. The van der Waals surface area contributed by atoms with Crippen molar-refractivity contribution in [3.63, 3.8) is 0 Å². The fourth-order valence-electron chi connectivity index (χ4n) is 1.50. The Kier molecular flexibility index (Phi) is 5.90. The summed E-state index contributed by atoms with van der Waals surface area (Å²) in [5.41, 5.74) is 0. The molecule has 1 amide bonds. The third-order valence-corrected chi connectivity index (χ3v) is 2.63. The quantitative estimate of drug-likeness (QED) is 0.720. The van der Waals surface area contributed by atoms with Crippen molar-refractivity contribution in [2.24, 2.45) is 5.92 Å². The summed E-state index contributed by atoms with van der Waals surface area (Å²) in [7, 11) is 0. The minimum Gasteiger partial charge on any atom is -0.481 e. The van der Waals surface area contributed by atoms with Crippen LogP contribution in [0.25, 0.3) is 0 Å². The van der Waals surface area contributed by atoms with Gasteiger partial charge in [-0.15, -0.1) is 0 Å². The zero-order valence-corrected chi connectivity index (χ0v) is 10.5. The highest BCUT2D eigenvalue weighted by molar-refractivity contribution is 5.75. The van der Waals surface area contributed by atoms with Crippen LogP contribution in [-0.4, -0.2) is 33.3 Å². The molecule has 0 aliphatic rings. The molecule has 1 heterocycles. The van der Waals surface area contributed by atoms with Crippen LogP contribution in [-0.2, 0) is 16.1 Å². The Hall–Kier alpha value is -1.85. The zero-order chi connectivity index (χ0) is 13.4. The van der Waals surface area contributed by atoms with E-state index in [-0.39, 0.29) is 18.2 Å². The smallest absolute Gasteiger partial charge is 0.303 e. The average molecular weight is 253 g/mol. The molecule has 0 radical (unpaired) electrons. The van der Waals surface area contributed by atoms with E-state index in [4.69, 9.17) is 5.11 Å². The van der Waals surface area contributed by atoms with Crippen LogP contribution < -0.4 is 5.32 Å². The van der Waals surface area contributed by atoms with Crippen LogP contribution in [0.3, 0.4) is 0 Å². The van der Waals surface area contributed by atoms with E-state index in [9.17, 15) is 9.59 Å². The Labute approximate surface area is 106 Å². The van der Waals surface area contributed by atoms with Crippen LogP contribution in [0.2, 0.25) is 0 Å². The van der Waals surface area contributed by atoms with E-state index in [2.05, 4.69) is 10.4 Å². The van der Waals surface area contributed by atoms with Gasteiger partial charge in [0.2, 0.25) is 5.91 Å². The molecule has 1 rings (SSSR count). The number of nitrogens with one attached hydrogen (secondary N) is 1. The number of carbonyl (C=O) groups is 2. The first-order chi connectivity index (χ1) is 8.58. The van der Waals surface area contributed by atoms with E-state index < -0.39 is 5.97 Å². The van der Waals surface area contributed by atoms with Crippen LogP contribution >= 0.6 is 0 Å². The van der Waals surface area contributed by atoms with Crippen molar-refractivity contribution in [2.75, 3.05) is 6.54 Å². The van der Waals surface area contributed by atoms with Gasteiger partial charge in [0.15, 0.2) is 0 Å². The molecular formula is C12H19N3O3. The molecule has 0 saturated carbocycles. The summed E-state index contributed by atoms with van der Waals surface area (Å²) in [4.78, 5) is 21.9. The van der Waals surface area contributed by atoms with E-state index in [0.717, 1.165) is 0 Å². The van der Waals surface area contributed by atoms with Crippen molar-refractivity contribution in [1.29, 1.82) is 0 Å². The SMILES string of the molecule is CC(CCC(=O)O)CNC(=O)CCn1cccn1. The minimum atomic E-state index is -0.799. The van der Waals surface area contributed by atoms with E-state index in [1.54, 1.807) is 10.9 Å². The molecule has 0 saturated heterocycles. The normalized spacial score (nSPS) is 12.1. The summed E-state index contributed by atoms with van der Waals surface area (Å²) >= 11 is 0. The Balaban J connectivity index is 2.11. The summed E-state index contributed by atoms with van der Waals surface area (Å²) in [6.45, 7) is 3.00. The maximum atomic E-state index is 11.5. The molecule has 0 aromatic carbocycles. The second-order valence-electron chi connectivity index (χ2n) is 4.36. The summed E-state index contributed by atoms with van der Waals surface area (Å²) in [5.74, 6) is -0.658. The van der Waals surface area contributed by atoms with E-state index in [1.807, 2.05) is 19.2 Å². The van der Waals surface area contributed by atoms with Gasteiger partial charge in [-0.25, -0.2) is 0 Å². The fourth-order valence-corrected chi connectivity index (χ4v) is 1.50. The lowest BCUT2D eigenvalue weighted by atomic mass is 10.1. The number of hydrogen-bond donors (Lipinski definition) is 2. The third-order valence-electron chi connectivity index (χ3n) is 2.63. The second kappa shape index (κ2) is 7.47. The molecule has 1 unspecified atom stereocenters. The molecule has 0 fully saturated rings. The minimum absolute atomic E-state index is 0.0346. The number of nitrogens with zero attached hydrogens (tertiary/aromatic N) is 2. The largest absolute Gasteiger partial charge is 0.481 e. The number of aliphatic carboxylic acids is 1. The molecule has 6 heteroatoms. The highest BCUT2D eigenvalue weighted by Crippen LogP contribution is 2.03. The molecule has 0 spiro atoms. The number of carbonyl (C=O) groups excluding carboxylic acids is 1. The lowest BCUT2D eigenvalue weighted by molar-refractivity contribution is -0.137. The van der Waals surface area contributed by atoms with Gasteiger partial charge in [0.1, 0.15) is 0 Å². The van der Waals surface area contributed by atoms with Gasteiger partial charge in [-0.3, -0.25) is 14.3 Å². The first kappa shape index (κ1) is 14.2. The van der Waals surface area contributed by atoms with Gasteiger partial charge >= 0.3 is 5.97 Å². The van der Waals surface area contributed by atoms with Crippen molar-refractivity contribution in [3.8, 4) is 0 Å². The molecule has 6 nitrogen and oxygen atoms in total. The number of aryl methyl sites for hydroxylation is 1. The first-order valence-electron chi connectivity index (χ1n) is 6.04. The predicted molar refractivity (Wildman–Crippen MR) is 65.9 cm³/mol. The molecule has 0 bridgehead atoms. The van der Waals surface area contributed by atoms with E-state index in [1.165, 1.54) is 0 Å².